The molecule has 2 bridgehead atoms. The lowest BCUT2D eigenvalue weighted by Crippen LogP contribution is -2.59. The quantitative estimate of drug-likeness (QED) is 0.229. The molecule has 10 atom stereocenters. The smallest absolute Gasteiger partial charge is 0.316 e. The van der Waals surface area contributed by atoms with Crippen molar-refractivity contribution in [3.05, 3.63) is 58.7 Å². The summed E-state index contributed by atoms with van der Waals surface area (Å²) in [6, 6.07) is 0. The lowest BCUT2D eigenvalue weighted by Gasteiger charge is -2.50. The molecule has 46 heavy (non-hydrogen) atoms. The number of nitrogens with zero attached hydrogens (tertiary/aromatic N) is 1. The fraction of sp³-hybridized carbons (Fsp3) is 0.676. The summed E-state index contributed by atoms with van der Waals surface area (Å²) in [6.45, 7) is 14.6. The largest absolute Gasteiger partial charge is 0.462 e. The van der Waals surface area contributed by atoms with Gasteiger partial charge in [0.15, 0.2) is 5.79 Å². The van der Waals surface area contributed by atoms with Gasteiger partial charge in [-0.15, -0.1) is 0 Å². The van der Waals surface area contributed by atoms with Crippen LogP contribution in [0.25, 0.3) is 0 Å². The number of esters is 1. The Bertz CT molecular complexity index is 1340. The van der Waals surface area contributed by atoms with Crippen LogP contribution in [0.3, 0.4) is 0 Å². The SMILES string of the molecule is CO/N=C1/C[C@]2(C[C@@H]3C[C@@H](C/C=C(\C)C[C@@H](C)/C=C/C=C4CO[C@@H]5[C@H](O)C(C)=C[C@@H](C(=O)O3)[C@]45O)O2)O[C@H](/C(C)=C/C(C)C)[C@H]1C. The molecule has 0 unspecified atom stereocenters. The van der Waals surface area contributed by atoms with Crippen LogP contribution in [0.2, 0.25) is 0 Å². The third kappa shape index (κ3) is 6.99. The normalized spacial score (nSPS) is 43.4. The van der Waals surface area contributed by atoms with Crippen LogP contribution in [0.15, 0.2) is 63.9 Å². The Hall–Kier alpha value is -2.56. The molecular formula is C37H53NO8. The molecule has 9 nitrogen and oxygen atoms in total. The van der Waals surface area contributed by atoms with Crippen molar-refractivity contribution >= 4 is 11.7 Å². The van der Waals surface area contributed by atoms with Gasteiger partial charge in [0.05, 0.1) is 24.5 Å². The van der Waals surface area contributed by atoms with Crippen molar-refractivity contribution in [3.63, 3.8) is 0 Å². The standard InChI is InChI=1S/C37H53NO8/c1-21(2)14-25(6)33-26(7)31(38-42-8)19-36(46-33)18-29-17-28(45-36)13-12-23(4)15-22(3)10-9-11-27-20-43-34-32(39)24(5)16-30(35(40)44-29)37(27,34)41/h9-12,14,16,21-22,26,28-30,32-34,39,41H,13,15,17-20H2,1-8H3/b10-9+,23-12+,25-14+,27-11?,38-31-/t22-,26-,28+,29-,30-,32+,33+,34+,36-,37+/m0/s1. The molecule has 254 valence electrons. The molecule has 0 aromatic heterocycles. The van der Waals surface area contributed by atoms with E-state index < -0.39 is 41.6 Å². The van der Waals surface area contributed by atoms with Gasteiger partial charge >= 0.3 is 5.97 Å². The summed E-state index contributed by atoms with van der Waals surface area (Å²) >= 11 is 0. The Balaban J connectivity index is 1.55. The van der Waals surface area contributed by atoms with E-state index in [1.807, 2.05) is 12.2 Å². The molecular weight excluding hydrogens is 586 g/mol. The van der Waals surface area contributed by atoms with Gasteiger partial charge in [0.2, 0.25) is 0 Å². The Morgan fingerprint density at radius 2 is 1.96 bits per heavy atom. The Morgan fingerprint density at radius 1 is 1.20 bits per heavy atom. The Labute approximate surface area is 274 Å². The van der Waals surface area contributed by atoms with Crippen LogP contribution < -0.4 is 0 Å². The molecule has 1 spiro atoms. The molecule has 2 N–H and O–H groups in total. The number of carbonyl (C=O) groups is 1. The van der Waals surface area contributed by atoms with Crippen LogP contribution in [0.4, 0.5) is 0 Å². The molecule has 3 fully saturated rings. The molecule has 5 aliphatic rings. The van der Waals surface area contributed by atoms with Gasteiger partial charge in [-0.05, 0) is 62.2 Å². The first kappa shape index (κ1) is 34.8. The number of aliphatic hydroxyl groups excluding tert-OH is 1. The number of rotatable bonds is 3. The fourth-order valence-corrected chi connectivity index (χ4v) is 7.94. The summed E-state index contributed by atoms with van der Waals surface area (Å²) in [7, 11) is 1.55. The molecule has 9 heteroatoms. The van der Waals surface area contributed by atoms with Crippen molar-refractivity contribution < 1.29 is 38.8 Å². The number of allylic oxidation sites excluding steroid dienone is 5. The average molecular weight is 640 g/mol. The average Bonchev–Trinajstić information content (AvgIpc) is 3.31. The van der Waals surface area contributed by atoms with Crippen molar-refractivity contribution in [2.75, 3.05) is 13.7 Å². The minimum absolute atomic E-state index is 0.0340. The number of aliphatic hydroxyl groups is 2. The van der Waals surface area contributed by atoms with E-state index in [1.54, 1.807) is 20.1 Å². The highest BCUT2D eigenvalue weighted by molar-refractivity contribution is 5.88. The molecule has 3 saturated heterocycles. The predicted octanol–water partition coefficient (Wildman–Crippen LogP) is 5.73. The summed E-state index contributed by atoms with van der Waals surface area (Å²) in [5.41, 5.74) is 2.54. The van der Waals surface area contributed by atoms with Crippen LogP contribution in [-0.4, -0.2) is 77.5 Å². The van der Waals surface area contributed by atoms with E-state index in [0.29, 0.717) is 42.7 Å². The van der Waals surface area contributed by atoms with Crippen LogP contribution in [0.1, 0.15) is 80.6 Å². The second-order valence-corrected chi connectivity index (χ2v) is 14.5. The third-order valence-electron chi connectivity index (χ3n) is 10.1. The molecule has 0 aromatic rings. The van der Waals surface area contributed by atoms with Crippen LogP contribution in [0, 0.1) is 23.7 Å². The lowest BCUT2D eigenvalue weighted by atomic mass is 9.71. The zero-order valence-corrected chi connectivity index (χ0v) is 28.7. The molecule has 5 rings (SSSR count). The van der Waals surface area contributed by atoms with E-state index in [1.165, 1.54) is 5.57 Å². The molecule has 0 saturated carbocycles. The lowest BCUT2D eigenvalue weighted by molar-refractivity contribution is -0.313. The number of fused-ring (bicyclic) bond motifs is 2. The molecule has 1 aliphatic carbocycles. The van der Waals surface area contributed by atoms with Crippen LogP contribution >= 0.6 is 0 Å². The van der Waals surface area contributed by atoms with Gasteiger partial charge in [0.25, 0.3) is 0 Å². The van der Waals surface area contributed by atoms with Crippen molar-refractivity contribution in [2.45, 2.75) is 122 Å². The van der Waals surface area contributed by atoms with Crippen molar-refractivity contribution in [2.24, 2.45) is 28.8 Å². The molecule has 0 aromatic carbocycles. The second-order valence-electron chi connectivity index (χ2n) is 14.5. The van der Waals surface area contributed by atoms with Gasteiger partial charge in [-0.25, -0.2) is 0 Å². The van der Waals surface area contributed by atoms with Crippen LogP contribution in [-0.2, 0) is 28.6 Å². The number of ether oxygens (including phenoxy) is 4. The van der Waals surface area contributed by atoms with Crippen molar-refractivity contribution in [1.29, 1.82) is 0 Å². The number of carbonyl (C=O) groups excluding carboxylic acids is 1. The summed E-state index contributed by atoms with van der Waals surface area (Å²) in [6.07, 6.45) is 11.4. The second kappa shape index (κ2) is 13.9. The van der Waals surface area contributed by atoms with E-state index in [4.69, 9.17) is 23.8 Å². The minimum Gasteiger partial charge on any atom is -0.462 e. The van der Waals surface area contributed by atoms with Gasteiger partial charge in [-0.3, -0.25) is 4.79 Å². The topological polar surface area (TPSA) is 116 Å². The van der Waals surface area contributed by atoms with E-state index in [2.05, 4.69) is 64.9 Å². The van der Waals surface area contributed by atoms with Crippen molar-refractivity contribution in [1.82, 2.24) is 0 Å². The first-order valence-electron chi connectivity index (χ1n) is 16.8. The van der Waals surface area contributed by atoms with Crippen LogP contribution in [0.5, 0.6) is 0 Å². The Kier molecular flexibility index (Phi) is 10.5. The molecule has 0 radical (unpaired) electrons. The zero-order chi connectivity index (χ0) is 33.4. The van der Waals surface area contributed by atoms with Gasteiger partial charge in [-0.1, -0.05) is 74.9 Å². The van der Waals surface area contributed by atoms with Gasteiger partial charge in [0, 0.05) is 25.2 Å². The molecule has 0 amide bonds. The van der Waals surface area contributed by atoms with E-state index in [9.17, 15) is 15.0 Å². The number of hydrogen-bond acceptors (Lipinski definition) is 9. The van der Waals surface area contributed by atoms with E-state index >= 15 is 0 Å². The maximum absolute atomic E-state index is 14.2. The maximum Gasteiger partial charge on any atom is 0.316 e. The van der Waals surface area contributed by atoms with Gasteiger partial charge in [-0.2, -0.15) is 0 Å². The third-order valence-corrected chi connectivity index (χ3v) is 10.1. The first-order valence-corrected chi connectivity index (χ1v) is 16.8. The summed E-state index contributed by atoms with van der Waals surface area (Å²) < 4.78 is 26.0. The fourth-order valence-electron chi connectivity index (χ4n) is 7.94. The molecule has 4 aliphatic heterocycles. The predicted molar refractivity (Wildman–Crippen MR) is 176 cm³/mol. The van der Waals surface area contributed by atoms with Crippen molar-refractivity contribution in [3.8, 4) is 0 Å². The monoisotopic (exact) mass is 639 g/mol. The highest BCUT2D eigenvalue weighted by Gasteiger charge is 2.60. The highest BCUT2D eigenvalue weighted by Crippen LogP contribution is 2.47. The highest BCUT2D eigenvalue weighted by atomic mass is 16.7. The Morgan fingerprint density at radius 3 is 2.67 bits per heavy atom. The summed E-state index contributed by atoms with van der Waals surface area (Å²) in [4.78, 5) is 19.4. The number of oxime groups is 1. The summed E-state index contributed by atoms with van der Waals surface area (Å²) in [5.74, 6) is -2.15. The minimum atomic E-state index is -1.74. The zero-order valence-electron chi connectivity index (χ0n) is 28.7. The first-order chi connectivity index (χ1) is 21.8. The molecule has 4 heterocycles. The summed E-state index contributed by atoms with van der Waals surface area (Å²) in [5, 5.41) is 27.6. The van der Waals surface area contributed by atoms with Gasteiger partial charge < -0.3 is 34.0 Å². The van der Waals surface area contributed by atoms with Gasteiger partial charge in [0.1, 0.15) is 36.9 Å². The number of hydrogen-bond donors (Lipinski definition) is 2. The maximum atomic E-state index is 14.2. The van der Waals surface area contributed by atoms with E-state index in [0.717, 1.165) is 17.7 Å². The van der Waals surface area contributed by atoms with E-state index in [-0.39, 0.29) is 30.7 Å².